The van der Waals surface area contributed by atoms with Crippen LogP contribution in [0.5, 0.6) is 0 Å². The van der Waals surface area contributed by atoms with E-state index in [4.69, 9.17) is 0 Å². The molecule has 0 aromatic rings. The molecule has 0 heterocycles. The van der Waals surface area contributed by atoms with Crippen molar-refractivity contribution in [2.45, 2.75) is 0 Å². The fourth-order valence-electron chi connectivity index (χ4n) is 0.0463. The van der Waals surface area contributed by atoms with Crippen molar-refractivity contribution in [1.82, 2.24) is 0 Å². The van der Waals surface area contributed by atoms with E-state index in [1.165, 1.54) is 0 Å². The molecule has 0 amide bonds. The number of rotatable bonds is 0. The highest BCUT2D eigenvalue weighted by atomic mass is 127. The van der Waals surface area contributed by atoms with Crippen LogP contribution in [0.3, 0.4) is 0 Å². The van der Waals surface area contributed by atoms with E-state index in [2.05, 4.69) is 11.0 Å². The van der Waals surface area contributed by atoms with Crippen LogP contribution in [-0.2, 0) is 7.97 Å². The minimum atomic E-state index is -1.08. The summed E-state index contributed by atoms with van der Waals surface area (Å²) in [6.07, 6.45) is 0. The average Bonchev–Trinajstić information content (AvgIpc) is 1.35. The molecule has 34 valence electrons. The molecule has 4 heteroatoms. The summed E-state index contributed by atoms with van der Waals surface area (Å²) in [4.78, 5) is 0. The molecule has 0 spiro atoms. The van der Waals surface area contributed by atoms with Crippen molar-refractivity contribution >= 4 is 29.2 Å². The van der Waals surface area contributed by atoms with Gasteiger partial charge >= 0.3 is 0 Å². The van der Waals surface area contributed by atoms with Gasteiger partial charge in [0, 0.05) is 32.5 Å². The summed E-state index contributed by atoms with van der Waals surface area (Å²) in [6.45, 7) is 0. The quantitative estimate of drug-likeness (QED) is 0.266. The lowest BCUT2D eigenvalue weighted by Gasteiger charge is -1.61. The normalized spacial score (nSPS) is 11.5. The van der Waals surface area contributed by atoms with Crippen LogP contribution in [0.25, 0.3) is 0 Å². The Balaban J connectivity index is 3.50. The maximum Gasteiger partial charge on any atom is 0.162 e. The van der Waals surface area contributed by atoms with Crippen LogP contribution in [0.4, 0.5) is 0 Å². The molecule has 0 bridgehead atoms. The smallest absolute Gasteiger partial charge is 0.162 e. The summed E-state index contributed by atoms with van der Waals surface area (Å²) in [7, 11) is -1.08. The summed E-state index contributed by atoms with van der Waals surface area (Å²) in [5.74, 6) is 0. The van der Waals surface area contributed by atoms with Gasteiger partial charge in [0.25, 0.3) is 0 Å². The number of hydrogen-bond donors (Lipinski definition) is 1. The predicted molar refractivity (Wildman–Crippen MR) is 34.1 cm³/mol. The predicted octanol–water partition coefficient (Wildman–Crippen LogP) is -0.0378. The first-order valence-electron chi connectivity index (χ1n) is 1.06. The molecule has 0 saturated carbocycles. The van der Waals surface area contributed by atoms with Gasteiger partial charge in [-0.25, -0.2) is 4.21 Å². The third kappa shape index (κ3) is 4.24. The molecule has 6 heavy (non-hydrogen) atoms. The molecule has 2 N–H and O–H groups in total. The first-order chi connectivity index (χ1) is 2.77. The van der Waals surface area contributed by atoms with Crippen LogP contribution in [-0.4, -0.2) is 4.21 Å². The summed E-state index contributed by atoms with van der Waals surface area (Å²) >= 11 is 1.66. The molecular formula is C2H2INOS. The molecule has 0 radical (unpaired) electrons. The first-order valence-corrected chi connectivity index (χ1v) is 4.76. The minimum absolute atomic E-state index is 1.08. The number of hydrogen-bond acceptors (Lipinski definition) is 2. The summed E-state index contributed by atoms with van der Waals surface area (Å²) in [6, 6.07) is 2.01. The Morgan fingerprint density at radius 1 is 1.83 bits per heavy atom. The molecular weight excluding hydrogens is 213 g/mol. The fraction of sp³-hybridized carbons (Fsp3) is 0. The lowest BCUT2D eigenvalue weighted by molar-refractivity contribution is 0.698. The molecule has 0 aliphatic heterocycles. The van der Waals surface area contributed by atoms with Crippen molar-refractivity contribution in [2.75, 3.05) is 0 Å². The largest absolute Gasteiger partial charge is 0.359 e. The van der Waals surface area contributed by atoms with Crippen molar-refractivity contribution < 1.29 is 4.21 Å². The van der Waals surface area contributed by atoms with E-state index in [0.29, 0.717) is 0 Å². The average molecular weight is 215 g/mol. The molecule has 1 unspecified atom stereocenters. The first kappa shape index (κ1) is 6.24. The topological polar surface area (TPSA) is 43.1 Å². The van der Waals surface area contributed by atoms with Gasteiger partial charge < -0.3 is 5.73 Å². The Morgan fingerprint density at radius 2 is 2.33 bits per heavy atom. The zero-order chi connectivity index (χ0) is 4.99. The fourth-order valence-corrected chi connectivity index (χ4v) is 0.520. The van der Waals surface area contributed by atoms with Gasteiger partial charge in [0.15, 0.2) is 7.97 Å². The summed E-state index contributed by atoms with van der Waals surface area (Å²) in [5, 5.41) is 2.19. The second-order valence-electron chi connectivity index (χ2n) is 0.470. The Labute approximate surface area is 50.5 Å². The SMILES string of the molecule is NC#CS(=O)I. The van der Waals surface area contributed by atoms with Gasteiger partial charge in [-0.05, 0) is 0 Å². The van der Waals surface area contributed by atoms with Crippen molar-refractivity contribution in [2.24, 2.45) is 5.73 Å². The highest BCUT2D eigenvalue weighted by Gasteiger charge is 1.72. The Hall–Kier alpha value is 0.240. The molecule has 0 fully saturated rings. The van der Waals surface area contributed by atoms with Gasteiger partial charge in [0.05, 0.1) is 0 Å². The van der Waals surface area contributed by atoms with Crippen LogP contribution in [0.1, 0.15) is 0 Å². The molecule has 0 aliphatic rings. The van der Waals surface area contributed by atoms with Gasteiger partial charge in [0.2, 0.25) is 0 Å². The van der Waals surface area contributed by atoms with E-state index in [-0.39, 0.29) is 0 Å². The molecule has 0 rings (SSSR count). The van der Waals surface area contributed by atoms with E-state index in [1.54, 1.807) is 21.2 Å². The standard InChI is InChI=1S/C2H2INOS/c3-6(5)2-1-4/h4H2. The maximum absolute atomic E-state index is 9.89. The van der Waals surface area contributed by atoms with Crippen LogP contribution >= 0.6 is 21.2 Å². The van der Waals surface area contributed by atoms with E-state index < -0.39 is 7.97 Å². The van der Waals surface area contributed by atoms with Gasteiger partial charge in [0.1, 0.15) is 0 Å². The molecule has 1 atom stereocenters. The third-order valence-corrected chi connectivity index (χ3v) is 1.08. The van der Waals surface area contributed by atoms with Crippen LogP contribution in [0.2, 0.25) is 0 Å². The zero-order valence-corrected chi connectivity index (χ0v) is 5.75. The summed E-state index contributed by atoms with van der Waals surface area (Å²) in [5.41, 5.74) is 4.67. The molecule has 0 aliphatic carbocycles. The zero-order valence-electron chi connectivity index (χ0n) is 2.77. The van der Waals surface area contributed by atoms with Crippen molar-refractivity contribution in [1.29, 1.82) is 0 Å². The van der Waals surface area contributed by atoms with Crippen LogP contribution < -0.4 is 5.73 Å². The maximum atomic E-state index is 9.89. The van der Waals surface area contributed by atoms with E-state index >= 15 is 0 Å². The molecule has 0 aromatic carbocycles. The second kappa shape index (κ2) is 3.43. The second-order valence-corrected chi connectivity index (χ2v) is 3.52. The molecule has 0 saturated heterocycles. The Bertz CT molecular complexity index is 112. The lowest BCUT2D eigenvalue weighted by Crippen LogP contribution is -1.76. The third-order valence-electron chi connectivity index (χ3n) is 0.139. The Morgan fingerprint density at radius 3 is 2.33 bits per heavy atom. The minimum Gasteiger partial charge on any atom is -0.359 e. The van der Waals surface area contributed by atoms with E-state index in [0.717, 1.165) is 0 Å². The highest BCUT2D eigenvalue weighted by molar-refractivity contribution is 14.2. The Kier molecular flexibility index (Phi) is 3.57. The van der Waals surface area contributed by atoms with Crippen LogP contribution in [0, 0.1) is 11.3 Å². The monoisotopic (exact) mass is 215 g/mol. The van der Waals surface area contributed by atoms with Crippen molar-refractivity contribution in [3.05, 3.63) is 0 Å². The summed E-state index contributed by atoms with van der Waals surface area (Å²) < 4.78 is 9.89. The molecule has 2 nitrogen and oxygen atoms in total. The number of halogens is 1. The molecule has 0 aromatic heterocycles. The van der Waals surface area contributed by atoms with Crippen molar-refractivity contribution in [3.8, 4) is 11.3 Å². The van der Waals surface area contributed by atoms with Gasteiger partial charge in [-0.3, -0.25) is 0 Å². The van der Waals surface area contributed by atoms with Gasteiger partial charge in [-0.2, -0.15) is 0 Å². The van der Waals surface area contributed by atoms with Gasteiger partial charge in [-0.15, -0.1) is 0 Å². The van der Waals surface area contributed by atoms with Crippen LogP contribution in [0.15, 0.2) is 0 Å². The van der Waals surface area contributed by atoms with Gasteiger partial charge in [-0.1, -0.05) is 0 Å². The van der Waals surface area contributed by atoms with E-state index in [9.17, 15) is 4.21 Å². The highest BCUT2D eigenvalue weighted by Crippen LogP contribution is 1.86. The lowest BCUT2D eigenvalue weighted by atomic mass is 11.2. The number of nitrogens with two attached hydrogens (primary N) is 1. The van der Waals surface area contributed by atoms with Crippen molar-refractivity contribution in [3.63, 3.8) is 0 Å². The van der Waals surface area contributed by atoms with E-state index in [1.807, 2.05) is 6.04 Å².